The largest absolute Gasteiger partial charge is 0.483 e. The predicted molar refractivity (Wildman–Crippen MR) is 142 cm³/mol. The monoisotopic (exact) mass is 601 g/mol. The molecule has 0 unspecified atom stereocenters. The molecule has 9 heteroatoms. The van der Waals surface area contributed by atoms with Crippen molar-refractivity contribution in [1.29, 1.82) is 0 Å². The smallest absolute Gasteiger partial charge is 0.276 e. The van der Waals surface area contributed by atoms with Gasteiger partial charge in [0.05, 0.1) is 4.47 Å². The van der Waals surface area contributed by atoms with Gasteiger partial charge in [-0.05, 0) is 81.5 Å². The van der Waals surface area contributed by atoms with E-state index in [0.717, 1.165) is 10.0 Å². The number of anilines is 1. The number of amides is 3. The van der Waals surface area contributed by atoms with Gasteiger partial charge in [-0.1, -0.05) is 48.8 Å². The zero-order chi connectivity index (χ0) is 25.6. The van der Waals surface area contributed by atoms with E-state index in [-0.39, 0.29) is 17.9 Å². The second kappa shape index (κ2) is 11.5. The van der Waals surface area contributed by atoms with Crippen LogP contribution in [0, 0.1) is 0 Å². The van der Waals surface area contributed by atoms with E-state index in [1.54, 1.807) is 54.6 Å². The topological polar surface area (TPSA) is 96.5 Å². The molecule has 3 aromatic rings. The van der Waals surface area contributed by atoms with Gasteiger partial charge in [-0.15, -0.1) is 0 Å². The van der Waals surface area contributed by atoms with Crippen molar-refractivity contribution in [2.75, 3.05) is 11.9 Å². The SMILES string of the molecule is CC(C)(C)c1ccc(C(=O)Nc2ccc(C(=O)NNC(=O)COc3ccc(Br)cc3Br)cc2)cc1. The van der Waals surface area contributed by atoms with Gasteiger partial charge in [-0.2, -0.15) is 0 Å². The first-order valence-corrected chi connectivity index (χ1v) is 12.3. The molecular weight excluding hydrogens is 578 g/mol. The molecule has 0 aromatic heterocycles. The Hall–Kier alpha value is -3.17. The summed E-state index contributed by atoms with van der Waals surface area (Å²) in [6.07, 6.45) is 0. The van der Waals surface area contributed by atoms with E-state index in [0.29, 0.717) is 27.0 Å². The third-order valence-electron chi connectivity index (χ3n) is 4.99. The van der Waals surface area contributed by atoms with Gasteiger partial charge >= 0.3 is 0 Å². The number of ether oxygens (including phenoxy) is 1. The van der Waals surface area contributed by atoms with Crippen molar-refractivity contribution in [2.24, 2.45) is 0 Å². The van der Waals surface area contributed by atoms with Gasteiger partial charge in [0.25, 0.3) is 17.7 Å². The fourth-order valence-corrected chi connectivity index (χ4v) is 4.16. The first-order chi connectivity index (χ1) is 16.5. The summed E-state index contributed by atoms with van der Waals surface area (Å²) in [4.78, 5) is 36.8. The molecule has 0 aliphatic heterocycles. The number of rotatable bonds is 6. The molecule has 0 aliphatic rings. The highest BCUT2D eigenvalue weighted by Crippen LogP contribution is 2.28. The fraction of sp³-hybridized carbons (Fsp3) is 0.192. The number of halogens is 2. The van der Waals surface area contributed by atoms with Gasteiger partial charge in [0.2, 0.25) is 0 Å². The molecule has 0 saturated heterocycles. The molecule has 0 bridgehead atoms. The minimum Gasteiger partial charge on any atom is -0.483 e. The molecule has 0 fully saturated rings. The van der Waals surface area contributed by atoms with Crippen molar-refractivity contribution in [3.8, 4) is 5.75 Å². The molecule has 0 spiro atoms. The highest BCUT2D eigenvalue weighted by atomic mass is 79.9. The molecule has 0 radical (unpaired) electrons. The molecule has 0 heterocycles. The van der Waals surface area contributed by atoms with Crippen molar-refractivity contribution < 1.29 is 19.1 Å². The lowest BCUT2D eigenvalue weighted by atomic mass is 9.87. The molecule has 3 aromatic carbocycles. The molecule has 7 nitrogen and oxygen atoms in total. The highest BCUT2D eigenvalue weighted by Gasteiger charge is 2.15. The second-order valence-electron chi connectivity index (χ2n) is 8.72. The molecule has 0 atom stereocenters. The van der Waals surface area contributed by atoms with Gasteiger partial charge in [-0.3, -0.25) is 25.2 Å². The minimum absolute atomic E-state index is 0.00852. The zero-order valence-corrected chi connectivity index (χ0v) is 22.6. The van der Waals surface area contributed by atoms with Crippen LogP contribution in [0.3, 0.4) is 0 Å². The third kappa shape index (κ3) is 7.66. The van der Waals surface area contributed by atoms with E-state index < -0.39 is 11.8 Å². The highest BCUT2D eigenvalue weighted by molar-refractivity contribution is 9.11. The Balaban J connectivity index is 1.48. The van der Waals surface area contributed by atoms with E-state index in [1.807, 2.05) is 12.1 Å². The normalized spacial score (nSPS) is 10.9. The molecule has 0 aliphatic carbocycles. The Labute approximate surface area is 220 Å². The van der Waals surface area contributed by atoms with E-state index in [2.05, 4.69) is 68.8 Å². The molecule has 182 valence electrons. The molecule has 35 heavy (non-hydrogen) atoms. The number of hydrogen-bond donors (Lipinski definition) is 3. The quantitative estimate of drug-likeness (QED) is 0.320. The molecule has 3 rings (SSSR count). The van der Waals surface area contributed by atoms with E-state index >= 15 is 0 Å². The van der Waals surface area contributed by atoms with Gasteiger partial charge in [0, 0.05) is 21.3 Å². The number of benzene rings is 3. The first-order valence-electron chi connectivity index (χ1n) is 10.7. The van der Waals surface area contributed by atoms with Crippen LogP contribution in [-0.2, 0) is 10.2 Å². The van der Waals surface area contributed by atoms with Gasteiger partial charge in [0.1, 0.15) is 5.75 Å². The predicted octanol–water partition coefficient (Wildman–Crippen LogP) is 5.60. The Bertz CT molecular complexity index is 1220. The fourth-order valence-electron chi connectivity index (χ4n) is 3.00. The Morgan fingerprint density at radius 2 is 1.40 bits per heavy atom. The van der Waals surface area contributed by atoms with Gasteiger partial charge in [-0.25, -0.2) is 0 Å². The number of hydrogen-bond acceptors (Lipinski definition) is 4. The summed E-state index contributed by atoms with van der Waals surface area (Å²) in [5, 5.41) is 2.81. The van der Waals surface area contributed by atoms with Crippen LogP contribution in [0.25, 0.3) is 0 Å². The Kier molecular flexibility index (Phi) is 8.69. The van der Waals surface area contributed by atoms with Crippen LogP contribution in [0.2, 0.25) is 0 Å². The average molecular weight is 603 g/mol. The lowest BCUT2D eigenvalue weighted by Gasteiger charge is -2.19. The molecule has 0 saturated carbocycles. The summed E-state index contributed by atoms with van der Waals surface area (Å²) in [6, 6.07) is 19.1. The van der Waals surface area contributed by atoms with E-state index in [9.17, 15) is 14.4 Å². The average Bonchev–Trinajstić information content (AvgIpc) is 2.82. The van der Waals surface area contributed by atoms with Gasteiger partial charge in [0.15, 0.2) is 6.61 Å². The lowest BCUT2D eigenvalue weighted by Crippen LogP contribution is -2.43. The van der Waals surface area contributed by atoms with Crippen LogP contribution in [0.1, 0.15) is 47.1 Å². The van der Waals surface area contributed by atoms with Crippen molar-refractivity contribution in [3.63, 3.8) is 0 Å². The van der Waals surface area contributed by atoms with Crippen LogP contribution >= 0.6 is 31.9 Å². The van der Waals surface area contributed by atoms with Crippen LogP contribution in [0.5, 0.6) is 5.75 Å². The summed E-state index contributed by atoms with van der Waals surface area (Å²) in [5.41, 5.74) is 7.20. The number of nitrogens with one attached hydrogen (secondary N) is 3. The van der Waals surface area contributed by atoms with Crippen molar-refractivity contribution in [1.82, 2.24) is 10.9 Å². The van der Waals surface area contributed by atoms with Crippen LogP contribution in [-0.4, -0.2) is 24.3 Å². The third-order valence-corrected chi connectivity index (χ3v) is 6.10. The van der Waals surface area contributed by atoms with Crippen LogP contribution in [0.4, 0.5) is 5.69 Å². The standard InChI is InChI=1S/C26H25Br2N3O4/c1-26(2,3)18-8-4-16(5-9-18)24(33)29-20-11-6-17(7-12-20)25(34)31-30-23(32)15-35-22-13-10-19(27)14-21(22)28/h4-14H,15H2,1-3H3,(H,29,33)(H,30,32)(H,31,34). The van der Waals surface area contributed by atoms with Crippen molar-refractivity contribution >= 4 is 55.3 Å². The maximum Gasteiger partial charge on any atom is 0.276 e. The summed E-state index contributed by atoms with van der Waals surface area (Å²) in [7, 11) is 0. The van der Waals surface area contributed by atoms with E-state index in [4.69, 9.17) is 4.74 Å². The second-order valence-corrected chi connectivity index (χ2v) is 10.5. The summed E-state index contributed by atoms with van der Waals surface area (Å²) >= 11 is 6.69. The van der Waals surface area contributed by atoms with Crippen LogP contribution < -0.4 is 20.9 Å². The summed E-state index contributed by atoms with van der Waals surface area (Å²) in [6.45, 7) is 6.06. The maximum atomic E-state index is 12.5. The van der Waals surface area contributed by atoms with Crippen molar-refractivity contribution in [2.45, 2.75) is 26.2 Å². The number of carbonyl (C=O) groups excluding carboxylic acids is 3. The Morgan fingerprint density at radius 3 is 2.00 bits per heavy atom. The number of carbonyl (C=O) groups is 3. The van der Waals surface area contributed by atoms with Gasteiger partial charge < -0.3 is 10.1 Å². The van der Waals surface area contributed by atoms with Crippen LogP contribution in [0.15, 0.2) is 75.7 Å². The summed E-state index contributed by atoms with van der Waals surface area (Å²) in [5.74, 6) is -0.766. The van der Waals surface area contributed by atoms with Crippen molar-refractivity contribution in [3.05, 3.63) is 92.4 Å². The lowest BCUT2D eigenvalue weighted by molar-refractivity contribution is -0.123. The number of hydrazine groups is 1. The summed E-state index contributed by atoms with van der Waals surface area (Å²) < 4.78 is 6.99. The molecular formula is C26H25Br2N3O4. The molecule has 3 N–H and O–H groups in total. The Morgan fingerprint density at radius 1 is 0.800 bits per heavy atom. The minimum atomic E-state index is -0.519. The zero-order valence-electron chi connectivity index (χ0n) is 19.4. The maximum absolute atomic E-state index is 12.5. The van der Waals surface area contributed by atoms with E-state index in [1.165, 1.54) is 0 Å². The molecule has 3 amide bonds. The first kappa shape index (κ1) is 26.4.